The van der Waals surface area contributed by atoms with E-state index in [-0.39, 0.29) is 18.7 Å². The van der Waals surface area contributed by atoms with Crippen molar-refractivity contribution >= 4 is 11.9 Å². The van der Waals surface area contributed by atoms with Crippen molar-refractivity contribution in [1.29, 1.82) is 0 Å². The van der Waals surface area contributed by atoms with Crippen LogP contribution in [0.15, 0.2) is 0 Å². The summed E-state index contributed by atoms with van der Waals surface area (Å²) < 4.78 is 0. The summed E-state index contributed by atoms with van der Waals surface area (Å²) in [5.74, 6) is 0.520. The summed E-state index contributed by atoms with van der Waals surface area (Å²) in [6.07, 6.45) is 3.91. The Morgan fingerprint density at radius 1 is 1.13 bits per heavy atom. The van der Waals surface area contributed by atoms with Gasteiger partial charge in [0, 0.05) is 19.5 Å². The van der Waals surface area contributed by atoms with Crippen LogP contribution in [0.3, 0.4) is 0 Å². The van der Waals surface area contributed by atoms with Gasteiger partial charge < -0.3 is 10.0 Å². The molecule has 1 aliphatic carbocycles. The van der Waals surface area contributed by atoms with E-state index in [4.69, 9.17) is 5.11 Å². The first-order chi connectivity index (χ1) is 7.16. The number of carbonyl (C=O) groups is 2. The predicted octanol–water partition coefficient (Wildman–Crippen LogP) is 1.11. The number of hydrogen-bond acceptors (Lipinski definition) is 2. The molecule has 2 unspecified atom stereocenters. The third kappa shape index (κ3) is 2.30. The number of carboxylic acids is 1. The molecule has 0 radical (unpaired) electrons. The largest absolute Gasteiger partial charge is 0.481 e. The SMILES string of the molecule is O=C(O)CCC(=O)N1CC2CCCC2C1. The van der Waals surface area contributed by atoms with E-state index < -0.39 is 5.97 Å². The highest BCUT2D eigenvalue weighted by atomic mass is 16.4. The van der Waals surface area contributed by atoms with E-state index in [1.165, 1.54) is 19.3 Å². The number of likely N-dealkylation sites (tertiary alicyclic amines) is 1. The second kappa shape index (κ2) is 4.21. The van der Waals surface area contributed by atoms with Crippen molar-refractivity contribution in [3.63, 3.8) is 0 Å². The number of nitrogens with zero attached hydrogens (tertiary/aromatic N) is 1. The van der Waals surface area contributed by atoms with Gasteiger partial charge in [0.05, 0.1) is 6.42 Å². The number of amides is 1. The van der Waals surface area contributed by atoms with Crippen LogP contribution < -0.4 is 0 Å². The summed E-state index contributed by atoms with van der Waals surface area (Å²) in [6, 6.07) is 0. The Kier molecular flexibility index (Phi) is 2.93. The van der Waals surface area contributed by atoms with Crippen LogP contribution >= 0.6 is 0 Å². The van der Waals surface area contributed by atoms with Crippen LogP contribution in [-0.2, 0) is 9.59 Å². The minimum atomic E-state index is -0.886. The molecule has 1 N–H and O–H groups in total. The first-order valence-corrected chi connectivity index (χ1v) is 5.66. The number of rotatable bonds is 3. The lowest BCUT2D eigenvalue weighted by Gasteiger charge is -2.16. The van der Waals surface area contributed by atoms with Crippen LogP contribution in [0.4, 0.5) is 0 Å². The molecule has 1 amide bonds. The minimum absolute atomic E-state index is 0.0202. The van der Waals surface area contributed by atoms with Crippen molar-refractivity contribution in [2.75, 3.05) is 13.1 Å². The van der Waals surface area contributed by atoms with Gasteiger partial charge in [0.15, 0.2) is 0 Å². The first-order valence-electron chi connectivity index (χ1n) is 5.66. The van der Waals surface area contributed by atoms with Crippen LogP contribution in [0, 0.1) is 11.8 Å². The molecule has 15 heavy (non-hydrogen) atoms. The van der Waals surface area contributed by atoms with Crippen LogP contribution in [0.1, 0.15) is 32.1 Å². The average molecular weight is 211 g/mol. The highest BCUT2D eigenvalue weighted by molar-refractivity contribution is 5.80. The Hall–Kier alpha value is -1.06. The molecule has 84 valence electrons. The molecule has 1 heterocycles. The van der Waals surface area contributed by atoms with Gasteiger partial charge >= 0.3 is 5.97 Å². The highest BCUT2D eigenvalue weighted by Gasteiger charge is 2.37. The molecule has 2 fully saturated rings. The number of hydrogen-bond donors (Lipinski definition) is 1. The van der Waals surface area contributed by atoms with Crippen molar-refractivity contribution in [1.82, 2.24) is 4.90 Å². The molecule has 1 saturated carbocycles. The Labute approximate surface area is 89.3 Å². The maximum atomic E-state index is 11.6. The summed E-state index contributed by atoms with van der Waals surface area (Å²) in [6.45, 7) is 1.73. The molecule has 1 aliphatic heterocycles. The molecule has 2 atom stereocenters. The predicted molar refractivity (Wildman–Crippen MR) is 54.3 cm³/mol. The van der Waals surface area contributed by atoms with Crippen molar-refractivity contribution in [2.24, 2.45) is 11.8 Å². The van der Waals surface area contributed by atoms with E-state index in [9.17, 15) is 9.59 Å². The maximum Gasteiger partial charge on any atom is 0.303 e. The van der Waals surface area contributed by atoms with Crippen molar-refractivity contribution in [3.8, 4) is 0 Å². The van der Waals surface area contributed by atoms with Gasteiger partial charge in [0.25, 0.3) is 0 Å². The van der Waals surface area contributed by atoms with E-state index in [1.807, 2.05) is 4.90 Å². The standard InChI is InChI=1S/C11H17NO3/c13-10(4-5-11(14)15)12-6-8-2-1-3-9(8)7-12/h8-9H,1-7H2,(H,14,15). The highest BCUT2D eigenvalue weighted by Crippen LogP contribution is 2.37. The summed E-state index contributed by atoms with van der Waals surface area (Å²) in [5.41, 5.74) is 0. The zero-order chi connectivity index (χ0) is 10.8. The molecule has 0 aromatic carbocycles. The second-order valence-electron chi connectivity index (χ2n) is 4.64. The fourth-order valence-electron chi connectivity index (χ4n) is 2.81. The zero-order valence-electron chi connectivity index (χ0n) is 8.82. The molecule has 1 saturated heterocycles. The molecule has 4 nitrogen and oxygen atoms in total. The Morgan fingerprint density at radius 3 is 2.27 bits per heavy atom. The van der Waals surface area contributed by atoms with Gasteiger partial charge in [0.2, 0.25) is 5.91 Å². The van der Waals surface area contributed by atoms with Gasteiger partial charge in [0.1, 0.15) is 0 Å². The summed E-state index contributed by atoms with van der Waals surface area (Å²) in [4.78, 5) is 23.8. The van der Waals surface area contributed by atoms with Gasteiger partial charge in [-0.3, -0.25) is 9.59 Å². The van der Waals surface area contributed by atoms with E-state index in [0.717, 1.165) is 13.1 Å². The molecule has 0 aromatic heterocycles. The van der Waals surface area contributed by atoms with E-state index in [2.05, 4.69) is 0 Å². The van der Waals surface area contributed by atoms with Crippen molar-refractivity contribution in [2.45, 2.75) is 32.1 Å². The number of carboxylic acid groups (broad SMARTS) is 1. The first kappa shape index (κ1) is 10.5. The lowest BCUT2D eigenvalue weighted by Crippen LogP contribution is -2.29. The lowest BCUT2D eigenvalue weighted by molar-refractivity contribution is -0.140. The van der Waals surface area contributed by atoms with Crippen LogP contribution in [0.2, 0.25) is 0 Å². The second-order valence-corrected chi connectivity index (χ2v) is 4.64. The molecule has 0 aromatic rings. The van der Waals surface area contributed by atoms with Gasteiger partial charge in [-0.2, -0.15) is 0 Å². The van der Waals surface area contributed by atoms with Gasteiger partial charge in [-0.25, -0.2) is 0 Å². The minimum Gasteiger partial charge on any atom is -0.481 e. The number of carbonyl (C=O) groups excluding carboxylic acids is 1. The van der Waals surface area contributed by atoms with Crippen LogP contribution in [0.5, 0.6) is 0 Å². The summed E-state index contributed by atoms with van der Waals surface area (Å²) in [5, 5.41) is 8.50. The van der Waals surface area contributed by atoms with Crippen LogP contribution in [0.25, 0.3) is 0 Å². The van der Waals surface area contributed by atoms with E-state index >= 15 is 0 Å². The normalized spacial score (nSPS) is 29.2. The zero-order valence-corrected chi connectivity index (χ0v) is 8.82. The Bertz CT molecular complexity index is 265. The fraction of sp³-hybridized carbons (Fsp3) is 0.818. The van der Waals surface area contributed by atoms with Gasteiger partial charge in [-0.1, -0.05) is 6.42 Å². The Morgan fingerprint density at radius 2 is 1.73 bits per heavy atom. The Balaban J connectivity index is 1.80. The third-order valence-electron chi connectivity index (χ3n) is 3.63. The van der Waals surface area contributed by atoms with Gasteiger partial charge in [-0.05, 0) is 24.7 Å². The maximum absolute atomic E-state index is 11.6. The summed E-state index contributed by atoms with van der Waals surface area (Å²) >= 11 is 0. The molecular formula is C11H17NO3. The molecule has 0 spiro atoms. The number of fused-ring (bicyclic) bond motifs is 1. The fourth-order valence-corrected chi connectivity index (χ4v) is 2.81. The lowest BCUT2D eigenvalue weighted by atomic mass is 10.0. The third-order valence-corrected chi connectivity index (χ3v) is 3.63. The van der Waals surface area contributed by atoms with Gasteiger partial charge in [-0.15, -0.1) is 0 Å². The topological polar surface area (TPSA) is 57.6 Å². The van der Waals surface area contributed by atoms with E-state index in [0.29, 0.717) is 11.8 Å². The average Bonchev–Trinajstić information content (AvgIpc) is 2.72. The molecular weight excluding hydrogens is 194 g/mol. The van der Waals surface area contributed by atoms with E-state index in [1.54, 1.807) is 0 Å². The quantitative estimate of drug-likeness (QED) is 0.760. The van der Waals surface area contributed by atoms with Crippen molar-refractivity contribution in [3.05, 3.63) is 0 Å². The number of aliphatic carboxylic acids is 1. The molecule has 2 aliphatic rings. The van der Waals surface area contributed by atoms with Crippen LogP contribution in [-0.4, -0.2) is 35.0 Å². The molecule has 2 rings (SSSR count). The molecule has 0 bridgehead atoms. The van der Waals surface area contributed by atoms with Crippen molar-refractivity contribution < 1.29 is 14.7 Å². The molecule has 4 heteroatoms. The summed E-state index contributed by atoms with van der Waals surface area (Å²) in [7, 11) is 0. The monoisotopic (exact) mass is 211 g/mol. The smallest absolute Gasteiger partial charge is 0.303 e.